The van der Waals surface area contributed by atoms with E-state index in [0.717, 1.165) is 28.6 Å². The summed E-state index contributed by atoms with van der Waals surface area (Å²) in [6.07, 6.45) is 0.0280. The Kier molecular flexibility index (Phi) is 10.1. The number of fused-ring (bicyclic) bond motifs is 3. The van der Waals surface area contributed by atoms with Gasteiger partial charge in [0.2, 0.25) is 10.9 Å². The van der Waals surface area contributed by atoms with Crippen molar-refractivity contribution in [2.45, 2.75) is 32.4 Å². The molecule has 0 fully saturated rings. The van der Waals surface area contributed by atoms with E-state index < -0.39 is 29.0 Å². The highest BCUT2D eigenvalue weighted by Gasteiger charge is 2.31. The molecule has 0 aliphatic carbocycles. The lowest BCUT2D eigenvalue weighted by atomic mass is 9.85. The van der Waals surface area contributed by atoms with E-state index >= 15 is 0 Å². The van der Waals surface area contributed by atoms with Gasteiger partial charge in [0.15, 0.2) is 0 Å². The number of para-hydroxylation sites is 1. The number of methoxy groups -OCH3 is 1. The van der Waals surface area contributed by atoms with Crippen LogP contribution < -0.4 is 26.2 Å². The highest BCUT2D eigenvalue weighted by atomic mass is 35.5. The Labute approximate surface area is 310 Å². The fourth-order valence-corrected chi connectivity index (χ4v) is 6.05. The minimum atomic E-state index is -4.54. The van der Waals surface area contributed by atoms with Crippen LogP contribution >= 0.6 is 11.6 Å². The van der Waals surface area contributed by atoms with Gasteiger partial charge in [-0.2, -0.15) is 13.2 Å². The second kappa shape index (κ2) is 14.6. The van der Waals surface area contributed by atoms with Crippen LogP contribution in [-0.4, -0.2) is 33.9 Å². The van der Waals surface area contributed by atoms with Crippen LogP contribution in [0.4, 0.5) is 24.5 Å². The standard InChI is InChI=1S/C23H23N3O3.C17H10ClF3N2O2/c1-23(2,3)17-9-13-7-8-24-19(13)11-20(17)26-22(28)16-12-25-18-6-5-14(29-4)10-15(18)21(16)27;18-12-7-9(17(19,20)21)5-6-14(12)23-16(25)11-8-22-13-4-2-1-3-10(13)15(11)24/h5-12,24H,1-4H3,(H,25,27)(H,26,28);1-8H,(H,22,24)(H,23,25). The molecule has 4 aromatic carbocycles. The number of hydrogen-bond donors (Lipinski definition) is 5. The van der Waals surface area contributed by atoms with Crippen molar-refractivity contribution in [3.8, 4) is 5.75 Å². The summed E-state index contributed by atoms with van der Waals surface area (Å²) in [7, 11) is 1.54. The van der Waals surface area contributed by atoms with Gasteiger partial charge in [0, 0.05) is 51.6 Å². The molecule has 14 heteroatoms. The van der Waals surface area contributed by atoms with E-state index in [2.05, 4.69) is 52.4 Å². The summed E-state index contributed by atoms with van der Waals surface area (Å²) >= 11 is 5.80. The summed E-state index contributed by atoms with van der Waals surface area (Å²) < 4.78 is 43.1. The third kappa shape index (κ3) is 7.71. The lowest BCUT2D eigenvalue weighted by Gasteiger charge is -2.23. The van der Waals surface area contributed by atoms with Crippen molar-refractivity contribution in [2.75, 3.05) is 17.7 Å². The van der Waals surface area contributed by atoms with Crippen LogP contribution in [0, 0.1) is 0 Å². The van der Waals surface area contributed by atoms with E-state index in [9.17, 15) is 32.3 Å². The number of pyridine rings is 2. The van der Waals surface area contributed by atoms with Crippen LogP contribution in [0.5, 0.6) is 5.75 Å². The Morgan fingerprint density at radius 1 is 0.704 bits per heavy atom. The number of anilines is 2. The van der Waals surface area contributed by atoms with Crippen molar-refractivity contribution in [3.05, 3.63) is 145 Å². The molecule has 3 aromatic heterocycles. The zero-order valence-corrected chi connectivity index (χ0v) is 30.0. The topological polar surface area (TPSA) is 149 Å². The molecule has 3 heterocycles. The summed E-state index contributed by atoms with van der Waals surface area (Å²) in [4.78, 5) is 59.6. The zero-order chi connectivity index (χ0) is 38.9. The number of H-pyrrole nitrogens is 3. The summed E-state index contributed by atoms with van der Waals surface area (Å²) in [5, 5.41) is 6.82. The van der Waals surface area contributed by atoms with E-state index in [1.165, 1.54) is 19.5 Å². The van der Waals surface area contributed by atoms with Crippen molar-refractivity contribution in [1.29, 1.82) is 0 Å². The number of amides is 2. The SMILES string of the molecule is COc1ccc2[nH]cc(C(=O)Nc3cc4[nH]ccc4cc3C(C)(C)C)c(=O)c2c1.O=C(Nc1ccc(C(F)(F)F)cc1Cl)c1c[nH]c2ccccc2c1=O. The van der Waals surface area contributed by atoms with Crippen LogP contribution in [0.3, 0.4) is 0 Å². The van der Waals surface area contributed by atoms with Gasteiger partial charge >= 0.3 is 6.18 Å². The quantitative estimate of drug-likeness (QED) is 0.119. The highest BCUT2D eigenvalue weighted by molar-refractivity contribution is 6.34. The molecular weight excluding hydrogens is 723 g/mol. The number of carbonyl (C=O) groups is 2. The molecule has 5 N–H and O–H groups in total. The molecule has 0 aliphatic heterocycles. The molecule has 7 aromatic rings. The molecule has 0 aliphatic rings. The third-order valence-corrected chi connectivity index (χ3v) is 8.97. The van der Waals surface area contributed by atoms with Crippen LogP contribution in [-0.2, 0) is 11.6 Å². The lowest BCUT2D eigenvalue weighted by molar-refractivity contribution is -0.137. The second-order valence-corrected chi connectivity index (χ2v) is 13.7. The van der Waals surface area contributed by atoms with E-state index in [-0.39, 0.29) is 32.7 Å². The Hall–Kier alpha value is -6.34. The van der Waals surface area contributed by atoms with Crippen LogP contribution in [0.1, 0.15) is 52.6 Å². The number of hydrogen-bond acceptors (Lipinski definition) is 5. The maximum Gasteiger partial charge on any atom is 0.416 e. The van der Waals surface area contributed by atoms with E-state index in [1.54, 1.807) is 42.5 Å². The first-order valence-corrected chi connectivity index (χ1v) is 16.8. The van der Waals surface area contributed by atoms with Gasteiger partial charge in [-0.3, -0.25) is 19.2 Å². The smallest absolute Gasteiger partial charge is 0.416 e. The van der Waals surface area contributed by atoms with Crippen molar-refractivity contribution in [2.24, 2.45) is 0 Å². The number of aromatic nitrogens is 3. The molecule has 0 bridgehead atoms. The average molecular weight is 756 g/mol. The molecule has 276 valence electrons. The molecule has 0 unspecified atom stereocenters. The van der Waals surface area contributed by atoms with Gasteiger partial charge < -0.3 is 30.3 Å². The van der Waals surface area contributed by atoms with Gasteiger partial charge in [-0.15, -0.1) is 0 Å². The number of benzene rings is 4. The van der Waals surface area contributed by atoms with Crippen molar-refractivity contribution >= 4 is 67.5 Å². The fraction of sp³-hybridized carbons (Fsp3) is 0.150. The predicted octanol–water partition coefficient (Wildman–Crippen LogP) is 9.02. The third-order valence-electron chi connectivity index (χ3n) is 8.66. The van der Waals surface area contributed by atoms with E-state index in [1.807, 2.05) is 18.3 Å². The van der Waals surface area contributed by atoms with Gasteiger partial charge in [0.05, 0.1) is 23.4 Å². The molecular formula is C40H33ClF3N5O5. The molecule has 0 atom stereocenters. The number of alkyl halides is 3. The molecule has 0 saturated heterocycles. The number of halogens is 4. The zero-order valence-electron chi connectivity index (χ0n) is 29.3. The summed E-state index contributed by atoms with van der Waals surface area (Å²) in [6, 6.07) is 20.3. The maximum atomic E-state index is 13.0. The number of aromatic amines is 3. The summed E-state index contributed by atoms with van der Waals surface area (Å²) in [5.74, 6) is -0.659. The Bertz CT molecular complexity index is 2690. The minimum Gasteiger partial charge on any atom is -0.497 e. The first-order valence-electron chi connectivity index (χ1n) is 16.5. The number of rotatable bonds is 5. The molecule has 0 spiro atoms. The van der Waals surface area contributed by atoms with Crippen LogP contribution in [0.25, 0.3) is 32.7 Å². The Morgan fingerprint density at radius 3 is 1.96 bits per heavy atom. The Morgan fingerprint density at radius 2 is 1.33 bits per heavy atom. The molecule has 2 amide bonds. The van der Waals surface area contributed by atoms with Gasteiger partial charge in [-0.25, -0.2) is 0 Å². The van der Waals surface area contributed by atoms with Crippen LogP contribution in [0.2, 0.25) is 5.02 Å². The molecule has 54 heavy (non-hydrogen) atoms. The fourth-order valence-electron chi connectivity index (χ4n) is 5.83. The minimum absolute atomic E-state index is 0.0211. The number of nitrogens with one attached hydrogen (secondary N) is 5. The molecule has 0 saturated carbocycles. The number of ether oxygens (including phenoxy) is 1. The first kappa shape index (κ1) is 37.4. The molecule has 7 rings (SSSR count). The van der Waals surface area contributed by atoms with Crippen molar-refractivity contribution in [1.82, 2.24) is 15.0 Å². The van der Waals surface area contributed by atoms with Crippen molar-refractivity contribution in [3.63, 3.8) is 0 Å². The van der Waals surface area contributed by atoms with Gasteiger partial charge in [-0.05, 0) is 83.1 Å². The molecule has 0 radical (unpaired) electrons. The van der Waals surface area contributed by atoms with E-state index in [0.29, 0.717) is 39.3 Å². The highest BCUT2D eigenvalue weighted by Crippen LogP contribution is 2.35. The predicted molar refractivity (Wildman–Crippen MR) is 205 cm³/mol. The van der Waals surface area contributed by atoms with Gasteiger partial charge in [0.1, 0.15) is 16.9 Å². The molecule has 10 nitrogen and oxygen atoms in total. The average Bonchev–Trinajstić information content (AvgIpc) is 3.59. The maximum absolute atomic E-state index is 13.0. The van der Waals surface area contributed by atoms with Gasteiger partial charge in [0.25, 0.3) is 11.8 Å². The van der Waals surface area contributed by atoms with Gasteiger partial charge in [-0.1, -0.05) is 44.5 Å². The summed E-state index contributed by atoms with van der Waals surface area (Å²) in [5.41, 5.74) is 1.73. The summed E-state index contributed by atoms with van der Waals surface area (Å²) in [6.45, 7) is 6.27. The largest absolute Gasteiger partial charge is 0.497 e. The van der Waals surface area contributed by atoms with E-state index in [4.69, 9.17) is 16.3 Å². The lowest BCUT2D eigenvalue weighted by Crippen LogP contribution is -2.24. The first-order chi connectivity index (χ1) is 25.5. The van der Waals surface area contributed by atoms with Crippen LogP contribution in [0.15, 0.2) is 107 Å². The number of carbonyl (C=O) groups excluding carboxylic acids is 2. The van der Waals surface area contributed by atoms with Crippen molar-refractivity contribution < 1.29 is 27.5 Å². The second-order valence-electron chi connectivity index (χ2n) is 13.3. The normalized spacial score (nSPS) is 11.6. The monoisotopic (exact) mass is 755 g/mol. The Balaban J connectivity index is 0.000000186.